The van der Waals surface area contributed by atoms with Crippen LogP contribution in [0.2, 0.25) is 0 Å². The van der Waals surface area contributed by atoms with Crippen molar-refractivity contribution in [3.8, 4) is 17.1 Å². The van der Waals surface area contributed by atoms with Crippen LogP contribution >= 0.6 is 0 Å². The first-order valence-electron chi connectivity index (χ1n) is 9.60. The maximum absolute atomic E-state index is 5.21. The predicted octanol–water partition coefficient (Wildman–Crippen LogP) is 2.66. The Morgan fingerprint density at radius 2 is 1.84 bits per heavy atom. The number of nitrogens with zero attached hydrogens (tertiary/aromatic N) is 8. The highest BCUT2D eigenvalue weighted by molar-refractivity contribution is 5.61. The summed E-state index contributed by atoms with van der Waals surface area (Å²) < 4.78 is 8.80. The SMILES string of the molecule is COc1ccc(Cc2nnc3cc(-c4ccnc(Nc5ccnn5C)n4)ncn23)cc1. The molecule has 31 heavy (non-hydrogen) atoms. The molecule has 5 rings (SSSR count). The molecular formula is C21H19N9O. The number of nitrogens with one attached hydrogen (secondary N) is 1. The molecule has 5 aromatic rings. The number of anilines is 2. The normalized spacial score (nSPS) is 11.0. The molecule has 0 saturated heterocycles. The maximum atomic E-state index is 5.21. The number of benzene rings is 1. The first kappa shape index (κ1) is 18.7. The summed E-state index contributed by atoms with van der Waals surface area (Å²) in [4.78, 5) is 13.4. The van der Waals surface area contributed by atoms with Gasteiger partial charge in [-0.15, -0.1) is 10.2 Å². The highest BCUT2D eigenvalue weighted by Crippen LogP contribution is 2.20. The average Bonchev–Trinajstić information content (AvgIpc) is 3.40. The molecule has 0 amide bonds. The lowest BCUT2D eigenvalue weighted by molar-refractivity contribution is 0.414. The van der Waals surface area contributed by atoms with Crippen LogP contribution in [0.25, 0.3) is 17.0 Å². The largest absolute Gasteiger partial charge is 0.497 e. The lowest BCUT2D eigenvalue weighted by Crippen LogP contribution is -2.03. The third kappa shape index (κ3) is 3.78. The number of methoxy groups -OCH3 is 1. The van der Waals surface area contributed by atoms with E-state index in [4.69, 9.17) is 4.74 Å². The van der Waals surface area contributed by atoms with Crippen LogP contribution in [-0.4, -0.2) is 46.4 Å². The van der Waals surface area contributed by atoms with Crippen LogP contribution < -0.4 is 10.1 Å². The molecule has 10 heteroatoms. The number of fused-ring (bicyclic) bond motifs is 1. The van der Waals surface area contributed by atoms with Gasteiger partial charge >= 0.3 is 0 Å². The van der Waals surface area contributed by atoms with Crippen LogP contribution in [0.5, 0.6) is 5.75 Å². The summed E-state index contributed by atoms with van der Waals surface area (Å²) in [5.74, 6) is 2.88. The maximum Gasteiger partial charge on any atom is 0.228 e. The molecule has 154 valence electrons. The molecule has 0 radical (unpaired) electrons. The van der Waals surface area contributed by atoms with Crippen LogP contribution in [0.1, 0.15) is 11.4 Å². The van der Waals surface area contributed by atoms with Gasteiger partial charge < -0.3 is 10.1 Å². The van der Waals surface area contributed by atoms with Crippen molar-refractivity contribution >= 4 is 17.4 Å². The number of aromatic nitrogens is 8. The Balaban J connectivity index is 1.40. The van der Waals surface area contributed by atoms with Crippen LogP contribution in [0.3, 0.4) is 0 Å². The summed E-state index contributed by atoms with van der Waals surface area (Å²) in [6, 6.07) is 13.4. The fourth-order valence-corrected chi connectivity index (χ4v) is 3.20. The second-order valence-corrected chi connectivity index (χ2v) is 6.87. The molecule has 0 fully saturated rings. The van der Waals surface area contributed by atoms with E-state index < -0.39 is 0 Å². The van der Waals surface area contributed by atoms with Crippen LogP contribution in [0.4, 0.5) is 11.8 Å². The van der Waals surface area contributed by atoms with E-state index in [-0.39, 0.29) is 0 Å². The minimum atomic E-state index is 0.462. The lowest BCUT2D eigenvalue weighted by atomic mass is 10.1. The number of hydrogen-bond acceptors (Lipinski definition) is 8. The molecule has 1 aromatic carbocycles. The summed E-state index contributed by atoms with van der Waals surface area (Å²) in [5, 5.41) is 15.9. The van der Waals surface area contributed by atoms with E-state index in [2.05, 4.69) is 35.6 Å². The molecular weight excluding hydrogens is 394 g/mol. The van der Waals surface area contributed by atoms with Gasteiger partial charge in [0.05, 0.1) is 24.7 Å². The second-order valence-electron chi connectivity index (χ2n) is 6.87. The predicted molar refractivity (Wildman–Crippen MR) is 114 cm³/mol. The van der Waals surface area contributed by atoms with E-state index in [0.29, 0.717) is 29.4 Å². The quantitative estimate of drug-likeness (QED) is 0.453. The molecule has 0 saturated carbocycles. The Morgan fingerprint density at radius 1 is 0.968 bits per heavy atom. The molecule has 0 aliphatic rings. The Bertz CT molecular complexity index is 1340. The minimum Gasteiger partial charge on any atom is -0.497 e. The second kappa shape index (κ2) is 7.82. The van der Waals surface area contributed by atoms with Crippen molar-refractivity contribution < 1.29 is 4.74 Å². The van der Waals surface area contributed by atoms with Crippen molar-refractivity contribution in [2.75, 3.05) is 12.4 Å². The average molecular weight is 413 g/mol. The molecule has 0 aliphatic carbocycles. The Morgan fingerprint density at radius 3 is 2.61 bits per heavy atom. The van der Waals surface area contributed by atoms with Crippen molar-refractivity contribution in [1.82, 2.24) is 39.3 Å². The van der Waals surface area contributed by atoms with Crippen LogP contribution in [-0.2, 0) is 13.5 Å². The molecule has 0 aliphatic heterocycles. The van der Waals surface area contributed by atoms with E-state index >= 15 is 0 Å². The highest BCUT2D eigenvalue weighted by atomic mass is 16.5. The third-order valence-electron chi connectivity index (χ3n) is 4.87. The van der Waals surface area contributed by atoms with Crippen molar-refractivity contribution in [3.05, 3.63) is 72.6 Å². The Kier molecular flexibility index (Phi) is 4.71. The van der Waals surface area contributed by atoms with E-state index in [0.717, 1.165) is 23.0 Å². The van der Waals surface area contributed by atoms with Crippen molar-refractivity contribution in [1.29, 1.82) is 0 Å². The summed E-state index contributed by atoms with van der Waals surface area (Å²) in [5.41, 5.74) is 3.18. The molecule has 4 heterocycles. The third-order valence-corrected chi connectivity index (χ3v) is 4.87. The fourth-order valence-electron chi connectivity index (χ4n) is 3.20. The van der Waals surface area contributed by atoms with Gasteiger partial charge in [0.1, 0.15) is 23.7 Å². The van der Waals surface area contributed by atoms with Gasteiger partial charge in [0.15, 0.2) is 5.65 Å². The topological polar surface area (TPSA) is 108 Å². The smallest absolute Gasteiger partial charge is 0.228 e. The van der Waals surface area contributed by atoms with Gasteiger partial charge in [0, 0.05) is 31.8 Å². The summed E-state index contributed by atoms with van der Waals surface area (Å²) >= 11 is 0. The summed E-state index contributed by atoms with van der Waals surface area (Å²) in [7, 11) is 3.50. The minimum absolute atomic E-state index is 0.462. The van der Waals surface area contributed by atoms with Crippen molar-refractivity contribution in [2.45, 2.75) is 6.42 Å². The summed E-state index contributed by atoms with van der Waals surface area (Å²) in [6.45, 7) is 0. The van der Waals surface area contributed by atoms with Gasteiger partial charge in [0.2, 0.25) is 5.95 Å². The number of rotatable bonds is 6. The Hall–Kier alpha value is -4.34. The molecule has 0 spiro atoms. The first-order chi connectivity index (χ1) is 15.2. The van der Waals surface area contributed by atoms with Gasteiger partial charge in [-0.1, -0.05) is 12.1 Å². The number of aryl methyl sites for hydroxylation is 1. The van der Waals surface area contributed by atoms with Crippen LogP contribution in [0, 0.1) is 0 Å². The van der Waals surface area contributed by atoms with E-state index in [1.807, 2.05) is 53.9 Å². The van der Waals surface area contributed by atoms with Gasteiger partial charge in [-0.3, -0.25) is 9.08 Å². The highest BCUT2D eigenvalue weighted by Gasteiger charge is 2.11. The zero-order valence-corrected chi connectivity index (χ0v) is 17.0. The first-order valence-corrected chi connectivity index (χ1v) is 9.60. The zero-order chi connectivity index (χ0) is 21.2. The van der Waals surface area contributed by atoms with Gasteiger partial charge in [-0.2, -0.15) is 5.10 Å². The molecule has 1 N–H and O–H groups in total. The van der Waals surface area contributed by atoms with Gasteiger partial charge in [-0.25, -0.2) is 15.0 Å². The lowest BCUT2D eigenvalue weighted by Gasteiger charge is -2.07. The standard InChI is InChI=1S/C21H19N9O/c1-29-18(8-10-24-29)26-21-22-9-7-16(25-21)17-12-20-28-27-19(30(20)13-23-17)11-14-3-5-15(31-2)6-4-14/h3-10,12-13H,11H2,1-2H3,(H,22,25,26). The van der Waals surface area contributed by atoms with Gasteiger partial charge in [-0.05, 0) is 23.8 Å². The summed E-state index contributed by atoms with van der Waals surface area (Å²) in [6.07, 6.45) is 5.75. The molecule has 0 bridgehead atoms. The fraction of sp³-hybridized carbons (Fsp3) is 0.143. The van der Waals surface area contributed by atoms with E-state index in [9.17, 15) is 0 Å². The molecule has 0 atom stereocenters. The van der Waals surface area contributed by atoms with Crippen molar-refractivity contribution in [3.63, 3.8) is 0 Å². The number of ether oxygens (including phenoxy) is 1. The van der Waals surface area contributed by atoms with E-state index in [1.165, 1.54) is 0 Å². The van der Waals surface area contributed by atoms with Gasteiger partial charge in [0.25, 0.3) is 0 Å². The Labute approximate surface area is 177 Å². The van der Waals surface area contributed by atoms with Crippen LogP contribution in [0.15, 0.2) is 61.2 Å². The van der Waals surface area contributed by atoms with Crippen molar-refractivity contribution in [2.24, 2.45) is 7.05 Å². The zero-order valence-electron chi connectivity index (χ0n) is 17.0. The molecule has 4 aromatic heterocycles. The monoisotopic (exact) mass is 413 g/mol. The molecule has 0 unspecified atom stereocenters. The number of hydrogen-bond donors (Lipinski definition) is 1. The van der Waals surface area contributed by atoms with E-state index in [1.54, 1.807) is 30.5 Å². The molecule has 10 nitrogen and oxygen atoms in total.